The zero-order chi connectivity index (χ0) is 19.9. The molecule has 0 saturated heterocycles. The lowest BCUT2D eigenvalue weighted by molar-refractivity contribution is 0.468. The maximum Gasteiger partial charge on any atom is -0.0143 e. The topological polar surface area (TPSA) is 0 Å². The maximum atomic E-state index is 4.23. The van der Waals surface area contributed by atoms with Gasteiger partial charge in [0.25, 0.3) is 0 Å². The van der Waals surface area contributed by atoms with Crippen molar-refractivity contribution in [1.82, 2.24) is 0 Å². The van der Waals surface area contributed by atoms with Crippen molar-refractivity contribution in [3.8, 4) is 0 Å². The molecule has 1 saturated carbocycles. The highest BCUT2D eigenvalue weighted by atomic mass is 14.3. The molecule has 1 fully saturated rings. The lowest BCUT2D eigenvalue weighted by Gasteiger charge is -2.16. The molecule has 0 aromatic heterocycles. The maximum absolute atomic E-state index is 4.23. The smallest absolute Gasteiger partial charge is 0.0143 e. The van der Waals surface area contributed by atoms with Gasteiger partial charge in [-0.05, 0) is 43.9 Å². The molecule has 0 aromatic carbocycles. The zero-order valence-corrected chi connectivity index (χ0v) is 19.3. The lowest BCUT2D eigenvalue weighted by atomic mass is 9.89. The van der Waals surface area contributed by atoms with Gasteiger partial charge in [-0.2, -0.15) is 0 Å². The largest absolute Gasteiger partial charge is 0.0996 e. The van der Waals surface area contributed by atoms with Crippen molar-refractivity contribution in [3.05, 3.63) is 24.3 Å². The Labute approximate surface area is 162 Å². The number of allylic oxidation sites excluding steroid dienone is 3. The van der Waals surface area contributed by atoms with E-state index in [1.807, 2.05) is 0 Å². The molecule has 0 N–H and O–H groups in total. The van der Waals surface area contributed by atoms with Crippen LogP contribution in [0.25, 0.3) is 0 Å². The van der Waals surface area contributed by atoms with Crippen LogP contribution in [0.15, 0.2) is 24.3 Å². The van der Waals surface area contributed by atoms with Crippen LogP contribution in [0.5, 0.6) is 0 Å². The van der Waals surface area contributed by atoms with Crippen molar-refractivity contribution < 1.29 is 0 Å². The summed E-state index contributed by atoms with van der Waals surface area (Å²) in [6.45, 7) is 21.5. The van der Waals surface area contributed by atoms with Gasteiger partial charge in [0.05, 0.1) is 0 Å². The van der Waals surface area contributed by atoms with E-state index in [1.54, 1.807) is 0 Å². The molecule has 0 bridgehead atoms. The number of hydrogen-bond donors (Lipinski definition) is 0. The molecule has 0 radical (unpaired) electrons. The van der Waals surface area contributed by atoms with Gasteiger partial charge in [-0.25, -0.2) is 0 Å². The second-order valence-corrected chi connectivity index (χ2v) is 7.30. The third kappa shape index (κ3) is 21.4. The van der Waals surface area contributed by atoms with Gasteiger partial charge in [0.1, 0.15) is 0 Å². The molecule has 152 valence electrons. The first kappa shape index (κ1) is 29.3. The molecule has 1 aliphatic rings. The van der Waals surface area contributed by atoms with E-state index in [9.17, 15) is 0 Å². The van der Waals surface area contributed by atoms with E-state index in [1.165, 1.54) is 76.2 Å². The summed E-state index contributed by atoms with van der Waals surface area (Å²) in [7, 11) is 0. The van der Waals surface area contributed by atoms with Crippen LogP contribution >= 0.6 is 0 Å². The fourth-order valence-corrected chi connectivity index (χ4v) is 2.78. The van der Waals surface area contributed by atoms with Gasteiger partial charge in [-0.1, -0.05) is 118 Å². The highest BCUT2D eigenvalue weighted by Crippen LogP contribution is 2.39. The molecular weight excluding hydrogens is 300 g/mol. The quantitative estimate of drug-likeness (QED) is 0.316. The van der Waals surface area contributed by atoms with E-state index in [-0.39, 0.29) is 0 Å². The molecule has 1 aliphatic carbocycles. The average Bonchev–Trinajstić information content (AvgIpc) is 2.91. The van der Waals surface area contributed by atoms with Gasteiger partial charge >= 0.3 is 0 Å². The van der Waals surface area contributed by atoms with Crippen molar-refractivity contribution in [2.45, 2.75) is 126 Å². The Morgan fingerprint density at radius 3 is 1.80 bits per heavy atom. The molecule has 0 amide bonds. The molecule has 2 atom stereocenters. The fraction of sp³-hybridized carbons (Fsp3) is 0.840. The molecule has 1 rings (SSSR count). The first-order valence-corrected chi connectivity index (χ1v) is 11.4. The molecule has 0 aromatic rings. The third-order valence-electron chi connectivity index (χ3n) is 3.80. The molecule has 0 heterocycles. The number of unbranched alkanes of at least 4 members (excludes halogenated alkanes) is 3. The molecular formula is C25H52. The van der Waals surface area contributed by atoms with E-state index >= 15 is 0 Å². The summed E-state index contributed by atoms with van der Waals surface area (Å²) in [5, 5.41) is 0. The van der Waals surface area contributed by atoms with Gasteiger partial charge in [-0.15, -0.1) is 0 Å². The minimum Gasteiger partial charge on any atom is -0.0996 e. The minimum atomic E-state index is 0.785. The van der Waals surface area contributed by atoms with E-state index in [2.05, 4.69) is 74.1 Å². The second-order valence-electron chi connectivity index (χ2n) is 7.30. The van der Waals surface area contributed by atoms with Crippen LogP contribution in [-0.4, -0.2) is 0 Å². The Kier molecular flexibility index (Phi) is 30.1. The highest BCUT2D eigenvalue weighted by Gasteiger charge is 2.27. The van der Waals surface area contributed by atoms with Crippen LogP contribution in [0, 0.1) is 11.8 Å². The highest BCUT2D eigenvalue weighted by molar-refractivity contribution is 5.13. The fourth-order valence-electron chi connectivity index (χ4n) is 2.78. The standard InChI is InChI=1S/C16H28.3C3H8/c1-4-6-7-8-9-11-15-13-12-14(3)16(15)10-5-2;3*1-3-2/h9,11,15-16H,3-8,10,12-13H2,1-2H3;3*3H2,1-2H3/t15?,16-;;;/m0.../s1. The Bertz CT molecular complexity index is 256. The Morgan fingerprint density at radius 1 is 0.840 bits per heavy atom. The molecule has 0 aliphatic heterocycles. The lowest BCUT2D eigenvalue weighted by Crippen LogP contribution is -2.05. The van der Waals surface area contributed by atoms with Crippen LogP contribution in [0.4, 0.5) is 0 Å². The van der Waals surface area contributed by atoms with Crippen LogP contribution in [0.2, 0.25) is 0 Å². The number of hydrogen-bond acceptors (Lipinski definition) is 0. The summed E-state index contributed by atoms with van der Waals surface area (Å²) in [5.74, 6) is 1.58. The molecule has 0 spiro atoms. The van der Waals surface area contributed by atoms with E-state index < -0.39 is 0 Å². The van der Waals surface area contributed by atoms with E-state index in [0.717, 1.165) is 11.8 Å². The van der Waals surface area contributed by atoms with Crippen LogP contribution < -0.4 is 0 Å². The third-order valence-corrected chi connectivity index (χ3v) is 3.80. The van der Waals surface area contributed by atoms with Crippen LogP contribution in [-0.2, 0) is 0 Å². The van der Waals surface area contributed by atoms with Gasteiger partial charge in [0, 0.05) is 0 Å². The van der Waals surface area contributed by atoms with Gasteiger partial charge in [0.15, 0.2) is 0 Å². The minimum absolute atomic E-state index is 0.785. The molecule has 1 unspecified atom stereocenters. The van der Waals surface area contributed by atoms with Gasteiger partial charge < -0.3 is 0 Å². The first-order valence-electron chi connectivity index (χ1n) is 11.4. The monoisotopic (exact) mass is 352 g/mol. The summed E-state index contributed by atoms with van der Waals surface area (Å²) in [5.41, 5.74) is 1.50. The van der Waals surface area contributed by atoms with Gasteiger partial charge in [-0.3, -0.25) is 0 Å². The Balaban J connectivity index is -0.000000451. The normalized spacial score (nSPS) is 18.6. The van der Waals surface area contributed by atoms with Crippen molar-refractivity contribution in [2.24, 2.45) is 11.8 Å². The first-order chi connectivity index (χ1) is 12.0. The summed E-state index contributed by atoms with van der Waals surface area (Å²) in [4.78, 5) is 0. The summed E-state index contributed by atoms with van der Waals surface area (Å²) < 4.78 is 0. The van der Waals surface area contributed by atoms with E-state index in [0.29, 0.717) is 0 Å². The van der Waals surface area contributed by atoms with Crippen molar-refractivity contribution >= 4 is 0 Å². The molecule has 0 heteroatoms. The SMILES string of the molecule is C=C1CCC(C=CCCCCC)[C@H]1CCC.CCC.CCC.CCC. The Morgan fingerprint density at radius 2 is 1.36 bits per heavy atom. The van der Waals surface area contributed by atoms with Crippen LogP contribution in [0.1, 0.15) is 126 Å². The molecule has 25 heavy (non-hydrogen) atoms. The predicted octanol–water partition coefficient (Wildman–Crippen LogP) is 9.75. The second kappa shape index (κ2) is 25.7. The Hall–Kier alpha value is -0.520. The average molecular weight is 353 g/mol. The summed E-state index contributed by atoms with van der Waals surface area (Å²) >= 11 is 0. The van der Waals surface area contributed by atoms with Gasteiger partial charge in [0.2, 0.25) is 0 Å². The van der Waals surface area contributed by atoms with Crippen molar-refractivity contribution in [2.75, 3.05) is 0 Å². The predicted molar refractivity (Wildman–Crippen MR) is 121 cm³/mol. The van der Waals surface area contributed by atoms with Crippen molar-refractivity contribution in [1.29, 1.82) is 0 Å². The summed E-state index contributed by atoms with van der Waals surface area (Å²) in [6.07, 6.45) is 19.2. The molecule has 0 nitrogen and oxygen atoms in total. The van der Waals surface area contributed by atoms with Crippen molar-refractivity contribution in [3.63, 3.8) is 0 Å². The van der Waals surface area contributed by atoms with E-state index in [4.69, 9.17) is 0 Å². The summed E-state index contributed by atoms with van der Waals surface area (Å²) in [6, 6.07) is 0. The zero-order valence-electron chi connectivity index (χ0n) is 19.3. The van der Waals surface area contributed by atoms with Crippen LogP contribution in [0.3, 0.4) is 0 Å². The number of rotatable bonds is 7.